The maximum absolute atomic E-state index is 12.3. The van der Waals surface area contributed by atoms with E-state index in [1.165, 1.54) is 0 Å². The van der Waals surface area contributed by atoms with Crippen LogP contribution in [0, 0.1) is 5.92 Å². The van der Waals surface area contributed by atoms with Gasteiger partial charge in [-0.25, -0.2) is 17.9 Å². The molecule has 162 valence electrons. The highest BCUT2D eigenvalue weighted by Gasteiger charge is 2.32. The Hall–Kier alpha value is -1.80. The van der Waals surface area contributed by atoms with Gasteiger partial charge < -0.3 is 9.73 Å². The van der Waals surface area contributed by atoms with Crippen molar-refractivity contribution in [2.24, 2.45) is 5.92 Å². The number of hydrogen-bond donors (Lipinski definition) is 2. The second-order valence-corrected chi connectivity index (χ2v) is 11.5. The number of aromatic nitrogens is 1. The fourth-order valence-corrected chi connectivity index (χ4v) is 4.78. The number of oxazole rings is 1. The predicted octanol–water partition coefficient (Wildman–Crippen LogP) is 3.69. The molecule has 1 fully saturated rings. The molecule has 0 saturated heterocycles. The number of nitrogens with zero attached hydrogens (tertiary/aromatic N) is 1. The molecule has 0 radical (unpaired) electrons. The Labute approximate surface area is 172 Å². The predicted molar refractivity (Wildman–Crippen MR) is 117 cm³/mol. The third kappa shape index (κ3) is 5.04. The van der Waals surface area contributed by atoms with Crippen molar-refractivity contribution in [2.45, 2.75) is 77.1 Å². The molecule has 0 aliphatic heterocycles. The molecule has 0 unspecified atom stereocenters. The summed E-state index contributed by atoms with van der Waals surface area (Å²) in [6.45, 7) is 8.68. The second kappa shape index (κ2) is 8.52. The first-order chi connectivity index (χ1) is 13.6. The first kappa shape index (κ1) is 21.9. The summed E-state index contributed by atoms with van der Waals surface area (Å²) in [6.07, 6.45) is 4.55. The van der Waals surface area contributed by atoms with Crippen LogP contribution in [-0.2, 0) is 16.6 Å². The minimum atomic E-state index is -3.30. The highest BCUT2D eigenvalue weighted by Crippen LogP contribution is 2.27. The number of rotatable bonds is 7. The normalized spacial score (nSPS) is 20.8. The Bertz CT molecular complexity index is 993. The standard InChI is InChI=1S/C21H33N3O4S/c1-5-12-24-18-11-10-17(13-19(18)28-20(24)25)22-14-15-6-8-16(9-7-15)23-29(26,27)21(2,3)4/h10-11,13,15-16,22-23H,5-9,12,14H2,1-4H3/t15-,16-. The number of benzene rings is 1. The van der Waals surface area contributed by atoms with Gasteiger partial charge in [0.2, 0.25) is 10.0 Å². The van der Waals surface area contributed by atoms with E-state index in [0.29, 0.717) is 18.0 Å². The number of sulfonamides is 1. The van der Waals surface area contributed by atoms with Crippen LogP contribution < -0.4 is 15.8 Å². The highest BCUT2D eigenvalue weighted by molar-refractivity contribution is 7.90. The minimum Gasteiger partial charge on any atom is -0.408 e. The van der Waals surface area contributed by atoms with Crippen LogP contribution in [0.1, 0.15) is 59.8 Å². The van der Waals surface area contributed by atoms with Crippen LogP contribution in [0.3, 0.4) is 0 Å². The van der Waals surface area contributed by atoms with Crippen molar-refractivity contribution in [1.82, 2.24) is 9.29 Å². The summed E-state index contributed by atoms with van der Waals surface area (Å²) in [5, 5.41) is 3.44. The van der Waals surface area contributed by atoms with Gasteiger partial charge in [0, 0.05) is 30.9 Å². The minimum absolute atomic E-state index is 0.0273. The van der Waals surface area contributed by atoms with Crippen molar-refractivity contribution in [1.29, 1.82) is 0 Å². The van der Waals surface area contributed by atoms with Crippen LogP contribution in [0.25, 0.3) is 11.1 Å². The monoisotopic (exact) mass is 423 g/mol. The number of fused-ring (bicyclic) bond motifs is 1. The van der Waals surface area contributed by atoms with Crippen LogP contribution in [0.15, 0.2) is 27.4 Å². The van der Waals surface area contributed by atoms with E-state index in [1.54, 1.807) is 25.3 Å². The molecule has 0 atom stereocenters. The fraction of sp³-hybridized carbons (Fsp3) is 0.667. The van der Waals surface area contributed by atoms with E-state index < -0.39 is 14.8 Å². The lowest BCUT2D eigenvalue weighted by molar-refractivity contribution is 0.322. The Morgan fingerprint density at radius 2 is 1.86 bits per heavy atom. The van der Waals surface area contributed by atoms with Gasteiger partial charge in [0.15, 0.2) is 5.58 Å². The summed E-state index contributed by atoms with van der Waals surface area (Å²) in [6, 6.07) is 5.81. The summed E-state index contributed by atoms with van der Waals surface area (Å²) in [5.41, 5.74) is 2.37. The number of nitrogens with one attached hydrogen (secondary N) is 2. The highest BCUT2D eigenvalue weighted by atomic mass is 32.2. The van der Waals surface area contributed by atoms with Gasteiger partial charge in [-0.15, -0.1) is 0 Å². The van der Waals surface area contributed by atoms with Gasteiger partial charge in [0.05, 0.1) is 10.3 Å². The molecule has 0 amide bonds. The van der Waals surface area contributed by atoms with Gasteiger partial charge in [-0.05, 0) is 70.9 Å². The SMILES string of the molecule is CCCn1c(=O)oc2cc(NC[C@H]3CC[C@H](NS(=O)(=O)C(C)(C)C)CC3)ccc21. The number of hydrogen-bond acceptors (Lipinski definition) is 5. The topological polar surface area (TPSA) is 93.3 Å². The molecule has 1 aliphatic carbocycles. The molecule has 8 heteroatoms. The van der Waals surface area contributed by atoms with Crippen molar-refractivity contribution in [2.75, 3.05) is 11.9 Å². The molecule has 1 heterocycles. The zero-order chi connectivity index (χ0) is 21.2. The quantitative estimate of drug-likeness (QED) is 0.708. The van der Waals surface area contributed by atoms with E-state index in [4.69, 9.17) is 4.42 Å². The molecule has 2 N–H and O–H groups in total. The Balaban J connectivity index is 1.53. The lowest BCUT2D eigenvalue weighted by Crippen LogP contribution is -2.46. The summed E-state index contributed by atoms with van der Waals surface area (Å²) in [5.74, 6) is 0.188. The fourth-order valence-electron chi connectivity index (χ4n) is 3.75. The van der Waals surface area contributed by atoms with Crippen molar-refractivity contribution in [3.63, 3.8) is 0 Å². The Morgan fingerprint density at radius 3 is 2.48 bits per heavy atom. The van der Waals surface area contributed by atoms with Gasteiger partial charge in [-0.3, -0.25) is 4.57 Å². The van der Waals surface area contributed by atoms with Gasteiger partial charge in [-0.2, -0.15) is 0 Å². The van der Waals surface area contributed by atoms with Crippen LogP contribution in [0.5, 0.6) is 0 Å². The molecule has 1 aromatic carbocycles. The van der Waals surface area contributed by atoms with E-state index in [-0.39, 0.29) is 11.8 Å². The first-order valence-electron chi connectivity index (χ1n) is 10.5. The van der Waals surface area contributed by atoms with Crippen LogP contribution in [0.2, 0.25) is 0 Å². The molecular weight excluding hydrogens is 390 g/mol. The van der Waals surface area contributed by atoms with Gasteiger partial charge in [0.1, 0.15) is 0 Å². The van der Waals surface area contributed by atoms with E-state index in [0.717, 1.165) is 49.9 Å². The van der Waals surface area contributed by atoms with E-state index in [2.05, 4.69) is 10.0 Å². The number of aryl methyl sites for hydroxylation is 1. The van der Waals surface area contributed by atoms with Gasteiger partial charge in [0.25, 0.3) is 0 Å². The van der Waals surface area contributed by atoms with Crippen LogP contribution >= 0.6 is 0 Å². The summed E-state index contributed by atoms with van der Waals surface area (Å²) >= 11 is 0. The molecule has 29 heavy (non-hydrogen) atoms. The average Bonchev–Trinajstić information content (AvgIpc) is 2.95. The molecule has 1 saturated carbocycles. The zero-order valence-electron chi connectivity index (χ0n) is 17.8. The summed E-state index contributed by atoms with van der Waals surface area (Å²) in [4.78, 5) is 12.0. The summed E-state index contributed by atoms with van der Waals surface area (Å²) in [7, 11) is -3.30. The van der Waals surface area contributed by atoms with Crippen molar-refractivity contribution in [3.05, 3.63) is 28.7 Å². The molecule has 3 rings (SSSR count). The molecule has 7 nitrogen and oxygen atoms in total. The molecule has 0 bridgehead atoms. The smallest absolute Gasteiger partial charge is 0.408 e. The van der Waals surface area contributed by atoms with E-state index in [1.807, 2.05) is 25.1 Å². The molecule has 1 aliphatic rings. The average molecular weight is 424 g/mol. The van der Waals surface area contributed by atoms with E-state index >= 15 is 0 Å². The lowest BCUT2D eigenvalue weighted by Gasteiger charge is -2.31. The van der Waals surface area contributed by atoms with Crippen molar-refractivity contribution < 1.29 is 12.8 Å². The summed E-state index contributed by atoms with van der Waals surface area (Å²) < 4.78 is 33.8. The lowest BCUT2D eigenvalue weighted by atomic mass is 9.86. The molecule has 0 spiro atoms. The van der Waals surface area contributed by atoms with Crippen LogP contribution in [-0.4, -0.2) is 30.3 Å². The Kier molecular flexibility index (Phi) is 6.43. The van der Waals surface area contributed by atoms with Crippen molar-refractivity contribution >= 4 is 26.8 Å². The zero-order valence-corrected chi connectivity index (χ0v) is 18.6. The number of anilines is 1. The Morgan fingerprint density at radius 1 is 1.17 bits per heavy atom. The molecular formula is C21H33N3O4S. The van der Waals surface area contributed by atoms with E-state index in [9.17, 15) is 13.2 Å². The van der Waals surface area contributed by atoms with Crippen molar-refractivity contribution in [3.8, 4) is 0 Å². The van der Waals surface area contributed by atoms with Gasteiger partial charge in [-0.1, -0.05) is 6.92 Å². The largest absolute Gasteiger partial charge is 0.419 e. The van der Waals surface area contributed by atoms with Crippen LogP contribution in [0.4, 0.5) is 5.69 Å². The van der Waals surface area contributed by atoms with Gasteiger partial charge >= 0.3 is 5.76 Å². The maximum atomic E-state index is 12.3. The third-order valence-corrected chi connectivity index (χ3v) is 7.94. The third-order valence-electron chi connectivity index (χ3n) is 5.69. The second-order valence-electron chi connectivity index (χ2n) is 9.03. The first-order valence-corrected chi connectivity index (χ1v) is 12.0. The molecule has 1 aromatic heterocycles. The molecule has 2 aromatic rings. The maximum Gasteiger partial charge on any atom is 0.419 e.